The molecule has 10 nitrogen and oxygen atoms in total. The number of ether oxygens (including phenoxy) is 1. The van der Waals surface area contributed by atoms with Crippen LogP contribution in [0.1, 0.15) is 50.6 Å². The molecule has 0 saturated heterocycles. The van der Waals surface area contributed by atoms with E-state index in [9.17, 15) is 0 Å². The highest BCUT2D eigenvalue weighted by Gasteiger charge is 2.27. The third-order valence-corrected chi connectivity index (χ3v) is 5.58. The van der Waals surface area contributed by atoms with Gasteiger partial charge in [0.05, 0.1) is 12.1 Å². The van der Waals surface area contributed by atoms with E-state index in [4.69, 9.17) is 9.72 Å². The lowest BCUT2D eigenvalue weighted by atomic mass is 10.1. The van der Waals surface area contributed by atoms with E-state index in [1.54, 1.807) is 12.4 Å². The van der Waals surface area contributed by atoms with Gasteiger partial charge in [0.2, 0.25) is 5.88 Å². The van der Waals surface area contributed by atoms with Gasteiger partial charge in [-0.25, -0.2) is 19.9 Å². The van der Waals surface area contributed by atoms with E-state index < -0.39 is 0 Å². The molecule has 0 fully saturated rings. The maximum absolute atomic E-state index is 6.36. The van der Waals surface area contributed by atoms with Crippen molar-refractivity contribution in [3.63, 3.8) is 0 Å². The second-order valence-electron chi connectivity index (χ2n) is 8.07. The monoisotopic (exact) mass is 419 g/mol. The number of imidazole rings is 1. The normalized spacial score (nSPS) is 16.1. The lowest BCUT2D eigenvalue weighted by molar-refractivity contribution is 0.149. The number of nitrogens with zero attached hydrogens (tertiary/aromatic N) is 9. The van der Waals surface area contributed by atoms with E-state index in [1.165, 1.54) is 6.33 Å². The molecule has 0 bridgehead atoms. The minimum atomic E-state index is -0.0305. The largest absolute Gasteiger partial charge is 0.471 e. The standard InChI is InChI=1S/C21H25N9O/c1-5-29-19(14-8-22-13(4)23-9-14)26-17-20(29)24-11-25-21(17)31-15-6-7-16-27-28-18(12(2)3)30(16)10-15/h8-9,11-12,15H,5-7,10H2,1-4H3. The highest BCUT2D eigenvalue weighted by molar-refractivity contribution is 5.81. The van der Waals surface area contributed by atoms with Crippen LogP contribution >= 0.6 is 0 Å². The average Bonchev–Trinajstić information content (AvgIpc) is 3.36. The zero-order chi connectivity index (χ0) is 21.5. The molecule has 1 aliphatic rings. The van der Waals surface area contributed by atoms with Gasteiger partial charge in [-0.15, -0.1) is 10.2 Å². The number of aromatic nitrogens is 9. The molecule has 10 heteroatoms. The maximum Gasteiger partial charge on any atom is 0.245 e. The Balaban J connectivity index is 1.49. The Hall–Kier alpha value is -3.43. The molecule has 0 saturated carbocycles. The van der Waals surface area contributed by atoms with Gasteiger partial charge < -0.3 is 13.9 Å². The Morgan fingerprint density at radius 2 is 1.94 bits per heavy atom. The van der Waals surface area contributed by atoms with Crippen molar-refractivity contribution in [1.29, 1.82) is 0 Å². The number of hydrogen-bond donors (Lipinski definition) is 0. The van der Waals surface area contributed by atoms with Crippen LogP contribution in [0.15, 0.2) is 18.7 Å². The van der Waals surface area contributed by atoms with E-state index in [0.717, 1.165) is 47.3 Å². The highest BCUT2D eigenvalue weighted by Crippen LogP contribution is 2.29. The van der Waals surface area contributed by atoms with Crippen molar-refractivity contribution < 1.29 is 4.74 Å². The summed E-state index contributed by atoms with van der Waals surface area (Å²) in [5.41, 5.74) is 2.23. The van der Waals surface area contributed by atoms with Crippen molar-refractivity contribution in [2.24, 2.45) is 0 Å². The fourth-order valence-corrected chi connectivity index (χ4v) is 4.03. The Kier molecular flexibility index (Phi) is 4.84. The van der Waals surface area contributed by atoms with Gasteiger partial charge in [-0.3, -0.25) is 0 Å². The lowest BCUT2D eigenvalue weighted by Crippen LogP contribution is -2.31. The fourth-order valence-electron chi connectivity index (χ4n) is 4.03. The van der Waals surface area contributed by atoms with E-state index in [-0.39, 0.29) is 6.10 Å². The summed E-state index contributed by atoms with van der Waals surface area (Å²) in [6, 6.07) is 0. The van der Waals surface area contributed by atoms with Crippen molar-refractivity contribution >= 4 is 11.2 Å². The molecule has 0 aliphatic carbocycles. The third-order valence-electron chi connectivity index (χ3n) is 5.58. The van der Waals surface area contributed by atoms with E-state index >= 15 is 0 Å². The van der Waals surface area contributed by atoms with E-state index in [2.05, 4.69) is 55.5 Å². The van der Waals surface area contributed by atoms with Gasteiger partial charge in [0.15, 0.2) is 11.2 Å². The van der Waals surface area contributed by atoms with Crippen molar-refractivity contribution in [3.8, 4) is 17.3 Å². The summed E-state index contributed by atoms with van der Waals surface area (Å²) >= 11 is 0. The van der Waals surface area contributed by atoms with Crippen LogP contribution in [0.4, 0.5) is 0 Å². The van der Waals surface area contributed by atoms with Crippen LogP contribution in [0.25, 0.3) is 22.6 Å². The number of hydrogen-bond acceptors (Lipinski definition) is 8. The molecule has 1 atom stereocenters. The molecule has 1 unspecified atom stereocenters. The van der Waals surface area contributed by atoms with Gasteiger partial charge in [0, 0.05) is 31.3 Å². The smallest absolute Gasteiger partial charge is 0.245 e. The molecule has 4 aromatic rings. The molecule has 0 aromatic carbocycles. The third kappa shape index (κ3) is 3.41. The van der Waals surface area contributed by atoms with Crippen LogP contribution in [0.5, 0.6) is 5.88 Å². The molecule has 0 N–H and O–H groups in total. The summed E-state index contributed by atoms with van der Waals surface area (Å²) in [6.07, 6.45) is 6.76. The van der Waals surface area contributed by atoms with Gasteiger partial charge in [-0.1, -0.05) is 13.8 Å². The highest BCUT2D eigenvalue weighted by atomic mass is 16.5. The first-order valence-electron chi connectivity index (χ1n) is 10.6. The van der Waals surface area contributed by atoms with Crippen LogP contribution in [-0.4, -0.2) is 50.4 Å². The summed E-state index contributed by atoms with van der Waals surface area (Å²) in [6.45, 7) is 9.59. The average molecular weight is 419 g/mol. The predicted molar refractivity (Wildman–Crippen MR) is 114 cm³/mol. The quantitative estimate of drug-likeness (QED) is 0.486. The Bertz CT molecular complexity index is 1230. The molecular weight excluding hydrogens is 394 g/mol. The van der Waals surface area contributed by atoms with Gasteiger partial charge in [-0.2, -0.15) is 4.98 Å². The number of aryl methyl sites for hydroxylation is 3. The van der Waals surface area contributed by atoms with Crippen molar-refractivity contribution in [2.45, 2.75) is 65.6 Å². The van der Waals surface area contributed by atoms with E-state index in [0.29, 0.717) is 30.4 Å². The van der Waals surface area contributed by atoms with E-state index in [1.807, 2.05) is 11.5 Å². The molecule has 160 valence electrons. The second-order valence-corrected chi connectivity index (χ2v) is 8.07. The van der Waals surface area contributed by atoms with Crippen molar-refractivity contribution in [3.05, 3.63) is 36.2 Å². The fraction of sp³-hybridized carbons (Fsp3) is 0.476. The zero-order valence-corrected chi connectivity index (χ0v) is 18.1. The predicted octanol–water partition coefficient (Wildman–Crippen LogP) is 2.72. The Labute approximate surface area is 179 Å². The Morgan fingerprint density at radius 1 is 1.13 bits per heavy atom. The van der Waals surface area contributed by atoms with Crippen LogP contribution in [0.3, 0.4) is 0 Å². The molecule has 0 spiro atoms. The maximum atomic E-state index is 6.36. The van der Waals surface area contributed by atoms with Gasteiger partial charge in [0.25, 0.3) is 0 Å². The summed E-state index contributed by atoms with van der Waals surface area (Å²) in [4.78, 5) is 22.3. The molecule has 4 aromatic heterocycles. The first-order valence-corrected chi connectivity index (χ1v) is 10.6. The van der Waals surface area contributed by atoms with Crippen molar-refractivity contribution in [2.75, 3.05) is 0 Å². The van der Waals surface area contributed by atoms with Crippen LogP contribution in [0, 0.1) is 6.92 Å². The topological polar surface area (TPSA) is 109 Å². The molecule has 5 rings (SSSR count). The van der Waals surface area contributed by atoms with Crippen LogP contribution in [-0.2, 0) is 19.5 Å². The summed E-state index contributed by atoms with van der Waals surface area (Å²) in [5, 5.41) is 8.70. The van der Waals surface area contributed by atoms with Gasteiger partial charge in [0.1, 0.15) is 35.7 Å². The minimum Gasteiger partial charge on any atom is -0.471 e. The first-order chi connectivity index (χ1) is 15.0. The SMILES string of the molecule is CCn1c(-c2cnc(C)nc2)nc2c(OC3CCc4nnc(C(C)C)n4C3)ncnc21. The van der Waals surface area contributed by atoms with Crippen LogP contribution < -0.4 is 4.74 Å². The number of fused-ring (bicyclic) bond motifs is 2. The summed E-state index contributed by atoms with van der Waals surface area (Å²) in [7, 11) is 0. The molecule has 0 radical (unpaired) electrons. The first kappa shape index (κ1) is 19.5. The Morgan fingerprint density at radius 3 is 2.68 bits per heavy atom. The molecular formula is C21H25N9O. The summed E-state index contributed by atoms with van der Waals surface area (Å²) in [5.74, 6) is 4.30. The van der Waals surface area contributed by atoms with Crippen LogP contribution in [0.2, 0.25) is 0 Å². The van der Waals surface area contributed by atoms with Gasteiger partial charge >= 0.3 is 0 Å². The minimum absolute atomic E-state index is 0.0305. The second kappa shape index (κ2) is 7.68. The molecule has 0 amide bonds. The lowest BCUT2D eigenvalue weighted by Gasteiger charge is -2.25. The van der Waals surface area contributed by atoms with Crippen molar-refractivity contribution in [1.82, 2.24) is 44.3 Å². The molecule has 31 heavy (non-hydrogen) atoms. The molecule has 5 heterocycles. The molecule has 1 aliphatic heterocycles. The van der Waals surface area contributed by atoms with Gasteiger partial charge in [-0.05, 0) is 20.3 Å². The number of rotatable bonds is 5. The summed E-state index contributed by atoms with van der Waals surface area (Å²) < 4.78 is 10.6. The zero-order valence-electron chi connectivity index (χ0n) is 18.1.